The minimum atomic E-state index is -0.149. The summed E-state index contributed by atoms with van der Waals surface area (Å²) < 4.78 is 0. The highest BCUT2D eigenvalue weighted by atomic mass is 16.3. The van der Waals surface area contributed by atoms with Gasteiger partial charge in [0, 0.05) is 0 Å². The van der Waals surface area contributed by atoms with Crippen LogP contribution in [0.3, 0.4) is 0 Å². The van der Waals surface area contributed by atoms with Gasteiger partial charge in [0.15, 0.2) is 0 Å². The van der Waals surface area contributed by atoms with Crippen LogP contribution in [0.1, 0.15) is 44.6 Å². The Hall–Kier alpha value is -1.60. The van der Waals surface area contributed by atoms with E-state index in [4.69, 9.17) is 0 Å². The number of aliphatic hydroxyl groups excluding tert-OH is 1. The second-order valence-electron chi connectivity index (χ2n) is 5.83. The minimum Gasteiger partial charge on any atom is -0.393 e. The Morgan fingerprint density at radius 3 is 2.24 bits per heavy atom. The minimum absolute atomic E-state index is 0.149. The van der Waals surface area contributed by atoms with Crippen LogP contribution in [0.15, 0.2) is 54.6 Å². The third kappa shape index (κ3) is 5.35. The van der Waals surface area contributed by atoms with Gasteiger partial charge in [0.25, 0.3) is 0 Å². The van der Waals surface area contributed by atoms with Crippen molar-refractivity contribution in [2.45, 2.75) is 51.6 Å². The van der Waals surface area contributed by atoms with Crippen LogP contribution in [0.2, 0.25) is 0 Å². The highest BCUT2D eigenvalue weighted by Gasteiger charge is 2.04. The van der Waals surface area contributed by atoms with Gasteiger partial charge in [-0.3, -0.25) is 0 Å². The van der Waals surface area contributed by atoms with Gasteiger partial charge in [-0.15, -0.1) is 0 Å². The Bertz CT molecular complexity index is 516. The molecule has 1 atom stereocenters. The predicted octanol–water partition coefficient (Wildman–Crippen LogP) is 5.23. The van der Waals surface area contributed by atoms with E-state index in [9.17, 15) is 5.11 Å². The first-order valence-corrected chi connectivity index (χ1v) is 8.09. The van der Waals surface area contributed by atoms with E-state index in [1.54, 1.807) is 0 Å². The molecule has 0 aliphatic rings. The maximum atomic E-state index is 9.25. The molecule has 21 heavy (non-hydrogen) atoms. The molecule has 1 N–H and O–H groups in total. The summed E-state index contributed by atoms with van der Waals surface area (Å²) in [6.45, 7) is 1.87. The van der Waals surface area contributed by atoms with Gasteiger partial charge in [-0.1, -0.05) is 73.9 Å². The fourth-order valence-corrected chi connectivity index (χ4v) is 2.75. The number of aliphatic hydroxyl groups is 1. The van der Waals surface area contributed by atoms with E-state index in [0.29, 0.717) is 0 Å². The lowest BCUT2D eigenvalue weighted by Crippen LogP contribution is -1.98. The molecule has 0 aromatic heterocycles. The largest absolute Gasteiger partial charge is 0.393 e. The molecule has 1 heteroatoms. The summed E-state index contributed by atoms with van der Waals surface area (Å²) in [5.74, 6) is 0. The van der Waals surface area contributed by atoms with E-state index in [0.717, 1.165) is 19.3 Å². The van der Waals surface area contributed by atoms with E-state index in [2.05, 4.69) is 54.6 Å². The van der Waals surface area contributed by atoms with Crippen molar-refractivity contribution in [3.05, 3.63) is 60.2 Å². The van der Waals surface area contributed by atoms with Gasteiger partial charge < -0.3 is 5.11 Å². The van der Waals surface area contributed by atoms with Crippen molar-refractivity contribution in [1.82, 2.24) is 0 Å². The summed E-state index contributed by atoms with van der Waals surface area (Å²) in [6.07, 6.45) is 6.75. The quantitative estimate of drug-likeness (QED) is 0.657. The summed E-state index contributed by atoms with van der Waals surface area (Å²) >= 11 is 0. The van der Waals surface area contributed by atoms with E-state index in [1.165, 1.54) is 36.0 Å². The lowest BCUT2D eigenvalue weighted by atomic mass is 9.95. The molecule has 112 valence electrons. The van der Waals surface area contributed by atoms with Gasteiger partial charge in [0.05, 0.1) is 6.10 Å². The number of unbranched alkanes of at least 4 members (excludes halogenated alkanes) is 3. The highest BCUT2D eigenvalue weighted by molar-refractivity contribution is 5.67. The molecule has 2 aromatic carbocycles. The van der Waals surface area contributed by atoms with Crippen LogP contribution in [-0.2, 0) is 6.42 Å². The molecular formula is C20H26O. The zero-order chi connectivity index (χ0) is 14.9. The molecule has 0 bridgehead atoms. The Kier molecular flexibility index (Phi) is 6.49. The van der Waals surface area contributed by atoms with Gasteiger partial charge in [-0.2, -0.15) is 0 Å². The van der Waals surface area contributed by atoms with Gasteiger partial charge in [0.1, 0.15) is 0 Å². The molecule has 0 heterocycles. The molecule has 0 fully saturated rings. The topological polar surface area (TPSA) is 20.2 Å². The molecule has 0 radical (unpaired) electrons. The molecule has 1 unspecified atom stereocenters. The standard InChI is InChI=1S/C20H26O/c1-17(21)11-5-2-3-6-12-19-15-9-10-16-20(19)18-13-7-4-8-14-18/h4,7-10,13-17,21H,2-3,5-6,11-12H2,1H3. The number of aryl methyl sites for hydroxylation is 1. The second-order valence-corrected chi connectivity index (χ2v) is 5.83. The van der Waals surface area contributed by atoms with E-state index in [1.807, 2.05) is 6.92 Å². The zero-order valence-corrected chi connectivity index (χ0v) is 13.0. The van der Waals surface area contributed by atoms with Gasteiger partial charge in [-0.25, -0.2) is 0 Å². The molecule has 1 nitrogen and oxygen atoms in total. The van der Waals surface area contributed by atoms with Gasteiger partial charge in [-0.05, 0) is 42.9 Å². The van der Waals surface area contributed by atoms with Crippen LogP contribution in [-0.4, -0.2) is 11.2 Å². The first-order chi connectivity index (χ1) is 10.3. The third-order valence-corrected chi connectivity index (χ3v) is 3.92. The molecule has 0 aliphatic heterocycles. The zero-order valence-electron chi connectivity index (χ0n) is 13.0. The molecular weight excluding hydrogens is 256 g/mol. The SMILES string of the molecule is CC(O)CCCCCCc1ccccc1-c1ccccc1. The van der Waals surface area contributed by atoms with Crippen molar-refractivity contribution in [2.75, 3.05) is 0 Å². The van der Waals surface area contributed by atoms with Crippen molar-refractivity contribution in [3.8, 4) is 11.1 Å². The molecule has 0 aliphatic carbocycles. The normalized spacial score (nSPS) is 12.3. The molecule has 0 saturated carbocycles. The summed E-state index contributed by atoms with van der Waals surface area (Å²) in [4.78, 5) is 0. The number of benzene rings is 2. The van der Waals surface area contributed by atoms with E-state index < -0.39 is 0 Å². The molecule has 0 amide bonds. The van der Waals surface area contributed by atoms with Crippen LogP contribution in [0, 0.1) is 0 Å². The molecule has 2 rings (SSSR count). The first-order valence-electron chi connectivity index (χ1n) is 8.09. The lowest BCUT2D eigenvalue weighted by molar-refractivity contribution is 0.180. The van der Waals surface area contributed by atoms with Crippen molar-refractivity contribution in [1.29, 1.82) is 0 Å². The van der Waals surface area contributed by atoms with Crippen LogP contribution in [0.4, 0.5) is 0 Å². The summed E-state index contributed by atoms with van der Waals surface area (Å²) in [5.41, 5.74) is 4.11. The smallest absolute Gasteiger partial charge is 0.0512 e. The van der Waals surface area contributed by atoms with Gasteiger partial charge in [0.2, 0.25) is 0 Å². The lowest BCUT2D eigenvalue weighted by Gasteiger charge is -2.10. The van der Waals surface area contributed by atoms with Crippen LogP contribution < -0.4 is 0 Å². The second kappa shape index (κ2) is 8.63. The summed E-state index contributed by atoms with van der Waals surface area (Å²) in [7, 11) is 0. The number of rotatable bonds is 8. The molecule has 0 spiro atoms. The fourth-order valence-electron chi connectivity index (χ4n) is 2.75. The Morgan fingerprint density at radius 1 is 0.810 bits per heavy atom. The van der Waals surface area contributed by atoms with E-state index in [-0.39, 0.29) is 6.10 Å². The average molecular weight is 282 g/mol. The summed E-state index contributed by atoms with van der Waals surface area (Å²) in [5, 5.41) is 9.25. The molecule has 0 saturated heterocycles. The predicted molar refractivity (Wildman–Crippen MR) is 90.3 cm³/mol. The molecule has 2 aromatic rings. The monoisotopic (exact) mass is 282 g/mol. The van der Waals surface area contributed by atoms with Crippen LogP contribution in [0.5, 0.6) is 0 Å². The van der Waals surface area contributed by atoms with Crippen molar-refractivity contribution >= 4 is 0 Å². The first kappa shape index (κ1) is 15.8. The average Bonchev–Trinajstić information content (AvgIpc) is 2.52. The Morgan fingerprint density at radius 2 is 1.48 bits per heavy atom. The maximum absolute atomic E-state index is 9.25. The van der Waals surface area contributed by atoms with Crippen molar-refractivity contribution in [3.63, 3.8) is 0 Å². The number of hydrogen-bond donors (Lipinski definition) is 1. The summed E-state index contributed by atoms with van der Waals surface area (Å²) in [6, 6.07) is 19.3. The Balaban J connectivity index is 1.87. The highest BCUT2D eigenvalue weighted by Crippen LogP contribution is 2.24. The number of hydrogen-bond acceptors (Lipinski definition) is 1. The third-order valence-electron chi connectivity index (χ3n) is 3.92. The van der Waals surface area contributed by atoms with Crippen LogP contribution >= 0.6 is 0 Å². The van der Waals surface area contributed by atoms with Gasteiger partial charge >= 0.3 is 0 Å². The van der Waals surface area contributed by atoms with Crippen molar-refractivity contribution < 1.29 is 5.11 Å². The van der Waals surface area contributed by atoms with Crippen molar-refractivity contribution in [2.24, 2.45) is 0 Å². The Labute approximate surface area is 128 Å². The maximum Gasteiger partial charge on any atom is 0.0512 e. The fraction of sp³-hybridized carbons (Fsp3) is 0.400. The van der Waals surface area contributed by atoms with Crippen LogP contribution in [0.25, 0.3) is 11.1 Å². The van der Waals surface area contributed by atoms with E-state index >= 15 is 0 Å².